The van der Waals surface area contributed by atoms with Crippen molar-refractivity contribution in [2.45, 2.75) is 36.4 Å². The first-order chi connectivity index (χ1) is 13.4. The molecule has 2 atom stereocenters. The third kappa shape index (κ3) is 3.18. The van der Waals surface area contributed by atoms with Gasteiger partial charge < -0.3 is 9.57 Å². The van der Waals surface area contributed by atoms with Crippen molar-refractivity contribution in [3.63, 3.8) is 0 Å². The van der Waals surface area contributed by atoms with Gasteiger partial charge in [-0.05, 0) is 25.5 Å². The van der Waals surface area contributed by atoms with E-state index >= 15 is 0 Å². The highest BCUT2D eigenvalue weighted by molar-refractivity contribution is 7.86. The van der Waals surface area contributed by atoms with Gasteiger partial charge in [0.15, 0.2) is 6.10 Å². The van der Waals surface area contributed by atoms with E-state index in [2.05, 4.69) is 5.16 Å². The SMILES string of the molecule is Cc1ccc(S(=O)(=O)OC2C(c3ccccc3)=NOC23CCCOC3=O)cc1. The monoisotopic (exact) mass is 401 g/mol. The molecule has 2 aromatic rings. The summed E-state index contributed by atoms with van der Waals surface area (Å²) in [6.45, 7) is 2.11. The molecule has 1 fully saturated rings. The Bertz CT molecular complexity index is 1020. The second-order valence-electron chi connectivity index (χ2n) is 6.81. The molecule has 0 N–H and O–H groups in total. The number of ether oxygens (including phenoxy) is 1. The highest BCUT2D eigenvalue weighted by atomic mass is 32.2. The summed E-state index contributed by atoms with van der Waals surface area (Å²) >= 11 is 0. The smallest absolute Gasteiger partial charge is 0.356 e. The van der Waals surface area contributed by atoms with Gasteiger partial charge in [-0.1, -0.05) is 53.2 Å². The van der Waals surface area contributed by atoms with Gasteiger partial charge in [-0.15, -0.1) is 0 Å². The second-order valence-corrected chi connectivity index (χ2v) is 8.38. The van der Waals surface area contributed by atoms with Crippen LogP contribution in [0.15, 0.2) is 64.6 Å². The zero-order valence-electron chi connectivity index (χ0n) is 15.2. The summed E-state index contributed by atoms with van der Waals surface area (Å²) in [7, 11) is -4.17. The van der Waals surface area contributed by atoms with E-state index in [1.165, 1.54) is 12.1 Å². The lowest BCUT2D eigenvalue weighted by atomic mass is 9.86. The summed E-state index contributed by atoms with van der Waals surface area (Å²) < 4.78 is 36.6. The maximum absolute atomic E-state index is 12.9. The number of aryl methyl sites for hydroxylation is 1. The highest BCUT2D eigenvalue weighted by Crippen LogP contribution is 2.38. The number of cyclic esters (lactones) is 1. The van der Waals surface area contributed by atoms with Crippen LogP contribution in [0, 0.1) is 6.92 Å². The van der Waals surface area contributed by atoms with Gasteiger partial charge in [0.1, 0.15) is 5.71 Å². The summed E-state index contributed by atoms with van der Waals surface area (Å²) in [6, 6.07) is 15.2. The number of hydrogen-bond acceptors (Lipinski definition) is 7. The van der Waals surface area contributed by atoms with E-state index in [0.29, 0.717) is 12.0 Å². The molecular weight excluding hydrogens is 382 g/mol. The van der Waals surface area contributed by atoms with E-state index in [-0.39, 0.29) is 23.6 Å². The van der Waals surface area contributed by atoms with Gasteiger partial charge in [0.2, 0.25) is 0 Å². The first-order valence-electron chi connectivity index (χ1n) is 8.91. The number of hydrogen-bond donors (Lipinski definition) is 0. The standard InChI is InChI=1S/C20H19NO6S/c1-14-8-10-16(11-9-14)28(23,24)26-18-17(15-6-3-2-4-7-15)21-27-20(18)12-5-13-25-19(20)22/h2-4,6-11,18H,5,12-13H2,1H3. The van der Waals surface area contributed by atoms with E-state index in [4.69, 9.17) is 13.8 Å². The normalized spacial score (nSPS) is 24.5. The van der Waals surface area contributed by atoms with Gasteiger partial charge in [0.05, 0.1) is 11.5 Å². The summed E-state index contributed by atoms with van der Waals surface area (Å²) in [5.41, 5.74) is 0.167. The van der Waals surface area contributed by atoms with E-state index < -0.39 is 27.8 Å². The Kier molecular flexibility index (Phi) is 4.68. The predicted octanol–water partition coefficient (Wildman–Crippen LogP) is 2.58. The Morgan fingerprint density at radius 2 is 1.82 bits per heavy atom. The minimum Gasteiger partial charge on any atom is -0.463 e. The highest BCUT2D eigenvalue weighted by Gasteiger charge is 2.60. The summed E-state index contributed by atoms with van der Waals surface area (Å²) in [5.74, 6) is -0.669. The van der Waals surface area contributed by atoms with Gasteiger partial charge in [0.25, 0.3) is 15.7 Å². The zero-order valence-corrected chi connectivity index (χ0v) is 16.0. The van der Waals surface area contributed by atoms with Crippen LogP contribution in [-0.4, -0.2) is 38.4 Å². The molecule has 0 amide bonds. The van der Waals surface area contributed by atoms with Crippen molar-refractivity contribution in [1.82, 2.24) is 0 Å². The fourth-order valence-corrected chi connectivity index (χ4v) is 4.40. The van der Waals surface area contributed by atoms with Crippen molar-refractivity contribution in [2.75, 3.05) is 6.61 Å². The molecule has 2 heterocycles. The molecule has 2 aliphatic heterocycles. The number of carbonyl (C=O) groups is 1. The maximum Gasteiger partial charge on any atom is 0.356 e. The Labute approximate surface area is 163 Å². The van der Waals surface area contributed by atoms with Gasteiger partial charge in [-0.3, -0.25) is 4.18 Å². The molecule has 8 heteroatoms. The molecule has 2 aromatic carbocycles. The first kappa shape index (κ1) is 18.6. The number of nitrogens with zero attached hydrogens (tertiary/aromatic N) is 1. The fourth-order valence-electron chi connectivity index (χ4n) is 3.32. The van der Waals surface area contributed by atoms with Crippen molar-refractivity contribution >= 4 is 21.8 Å². The lowest BCUT2D eigenvalue weighted by Gasteiger charge is -2.33. The molecule has 1 spiro atoms. The Balaban J connectivity index is 1.74. The van der Waals surface area contributed by atoms with Crippen LogP contribution in [0.3, 0.4) is 0 Å². The van der Waals surface area contributed by atoms with Crippen LogP contribution in [0.25, 0.3) is 0 Å². The molecular formula is C20H19NO6S. The van der Waals surface area contributed by atoms with E-state index in [1.807, 2.05) is 13.0 Å². The fraction of sp³-hybridized carbons (Fsp3) is 0.300. The molecule has 0 aliphatic carbocycles. The minimum absolute atomic E-state index is 0.00302. The zero-order chi connectivity index (χ0) is 19.8. The van der Waals surface area contributed by atoms with Gasteiger partial charge in [-0.2, -0.15) is 8.42 Å². The molecule has 28 heavy (non-hydrogen) atoms. The van der Waals surface area contributed by atoms with E-state index in [0.717, 1.165) is 5.56 Å². The molecule has 2 unspecified atom stereocenters. The first-order valence-corrected chi connectivity index (χ1v) is 10.3. The van der Waals surface area contributed by atoms with Crippen molar-refractivity contribution in [3.8, 4) is 0 Å². The average Bonchev–Trinajstić information content (AvgIpc) is 3.03. The van der Waals surface area contributed by atoms with Crippen molar-refractivity contribution < 1.29 is 27.0 Å². The molecule has 0 radical (unpaired) electrons. The molecule has 2 aliphatic rings. The minimum atomic E-state index is -4.17. The van der Waals surface area contributed by atoms with Crippen LogP contribution in [0.5, 0.6) is 0 Å². The lowest BCUT2D eigenvalue weighted by Crippen LogP contribution is -2.55. The number of oxime groups is 1. The summed E-state index contributed by atoms with van der Waals surface area (Å²) in [5, 5.41) is 4.03. The van der Waals surface area contributed by atoms with E-state index in [9.17, 15) is 13.2 Å². The summed E-state index contributed by atoms with van der Waals surface area (Å²) in [6.07, 6.45) is -0.470. The molecule has 0 aromatic heterocycles. The summed E-state index contributed by atoms with van der Waals surface area (Å²) in [4.78, 5) is 18.1. The predicted molar refractivity (Wildman–Crippen MR) is 100 cm³/mol. The molecule has 146 valence electrons. The van der Waals surface area contributed by atoms with Crippen LogP contribution in [-0.2, 0) is 28.7 Å². The van der Waals surface area contributed by atoms with E-state index in [1.54, 1.807) is 36.4 Å². The number of benzene rings is 2. The van der Waals surface area contributed by atoms with Crippen molar-refractivity contribution in [2.24, 2.45) is 5.16 Å². The average molecular weight is 401 g/mol. The number of esters is 1. The third-order valence-electron chi connectivity index (χ3n) is 4.85. The van der Waals surface area contributed by atoms with Crippen molar-refractivity contribution in [1.29, 1.82) is 0 Å². The molecule has 7 nitrogen and oxygen atoms in total. The third-order valence-corrected chi connectivity index (χ3v) is 6.15. The Morgan fingerprint density at radius 3 is 2.50 bits per heavy atom. The van der Waals surface area contributed by atoms with Crippen LogP contribution >= 0.6 is 0 Å². The number of carbonyl (C=O) groups excluding carboxylic acids is 1. The lowest BCUT2D eigenvalue weighted by molar-refractivity contribution is -0.186. The second kappa shape index (κ2) is 7.03. The molecule has 4 rings (SSSR count). The van der Waals surface area contributed by atoms with Crippen LogP contribution < -0.4 is 0 Å². The molecule has 0 bridgehead atoms. The molecule has 1 saturated heterocycles. The Morgan fingerprint density at radius 1 is 1.11 bits per heavy atom. The van der Waals surface area contributed by atoms with Gasteiger partial charge in [0, 0.05) is 12.0 Å². The quantitative estimate of drug-likeness (QED) is 0.578. The van der Waals surface area contributed by atoms with Crippen molar-refractivity contribution in [3.05, 3.63) is 65.7 Å². The van der Waals surface area contributed by atoms with Gasteiger partial charge in [-0.25, -0.2) is 4.79 Å². The van der Waals surface area contributed by atoms with Crippen LogP contribution in [0.1, 0.15) is 24.0 Å². The molecule has 0 saturated carbocycles. The number of rotatable bonds is 4. The maximum atomic E-state index is 12.9. The topological polar surface area (TPSA) is 91.3 Å². The largest absolute Gasteiger partial charge is 0.463 e. The van der Waals surface area contributed by atoms with Crippen LogP contribution in [0.4, 0.5) is 0 Å². The van der Waals surface area contributed by atoms with Crippen LogP contribution in [0.2, 0.25) is 0 Å². The Hall–Kier alpha value is -2.71. The van der Waals surface area contributed by atoms with Gasteiger partial charge >= 0.3 is 5.97 Å².